The summed E-state index contributed by atoms with van der Waals surface area (Å²) >= 11 is 5.73. The van der Waals surface area contributed by atoms with Gasteiger partial charge in [-0.25, -0.2) is 8.42 Å². The highest BCUT2D eigenvalue weighted by Gasteiger charge is 2.14. The molecule has 0 aliphatic carbocycles. The topological polar surface area (TPSA) is 46.2 Å². The van der Waals surface area contributed by atoms with Gasteiger partial charge in [-0.15, -0.1) is 11.6 Å². The van der Waals surface area contributed by atoms with Gasteiger partial charge in [0, 0.05) is 5.88 Å². The van der Waals surface area contributed by atoms with Crippen molar-refractivity contribution in [3.05, 3.63) is 29.8 Å². The molecule has 90 valence electrons. The fourth-order valence-electron chi connectivity index (χ4n) is 1.38. The summed E-state index contributed by atoms with van der Waals surface area (Å²) in [5, 5.41) is 0. The number of anilines is 1. The van der Waals surface area contributed by atoms with Crippen LogP contribution in [-0.4, -0.2) is 14.2 Å². The minimum atomic E-state index is -3.28. The highest BCUT2D eigenvalue weighted by atomic mass is 35.5. The number of para-hydroxylation sites is 1. The second kappa shape index (κ2) is 5.55. The number of alkyl halides is 1. The van der Waals surface area contributed by atoms with E-state index in [1.807, 2.05) is 19.9 Å². The molecule has 0 radical (unpaired) electrons. The predicted octanol–water partition coefficient (Wildman–Crippen LogP) is 2.82. The van der Waals surface area contributed by atoms with Gasteiger partial charge in [-0.1, -0.05) is 32.0 Å². The van der Waals surface area contributed by atoms with Gasteiger partial charge in [0.05, 0.1) is 11.4 Å². The Balaban J connectivity index is 2.88. The van der Waals surface area contributed by atoms with E-state index in [4.69, 9.17) is 11.6 Å². The van der Waals surface area contributed by atoms with Gasteiger partial charge in [-0.05, 0) is 17.5 Å². The van der Waals surface area contributed by atoms with Crippen LogP contribution in [0.15, 0.2) is 24.3 Å². The normalized spacial score (nSPS) is 11.8. The number of rotatable bonds is 5. The number of sulfonamides is 1. The maximum absolute atomic E-state index is 11.7. The quantitative estimate of drug-likeness (QED) is 0.829. The van der Waals surface area contributed by atoms with E-state index < -0.39 is 10.0 Å². The lowest BCUT2D eigenvalue weighted by molar-refractivity contribution is 0.587. The largest absolute Gasteiger partial charge is 0.283 e. The Bertz CT molecular complexity index is 443. The molecule has 0 aromatic heterocycles. The summed E-state index contributed by atoms with van der Waals surface area (Å²) < 4.78 is 26.0. The summed E-state index contributed by atoms with van der Waals surface area (Å²) in [6.07, 6.45) is 0. The van der Waals surface area contributed by atoms with Crippen LogP contribution in [-0.2, 0) is 15.9 Å². The van der Waals surface area contributed by atoms with E-state index in [-0.39, 0.29) is 11.7 Å². The minimum Gasteiger partial charge on any atom is -0.283 e. The molecule has 0 atom stereocenters. The Labute approximate surface area is 102 Å². The van der Waals surface area contributed by atoms with Crippen molar-refractivity contribution in [3.63, 3.8) is 0 Å². The molecule has 0 bridgehead atoms. The van der Waals surface area contributed by atoms with Gasteiger partial charge in [-0.2, -0.15) is 0 Å². The first-order valence-electron chi connectivity index (χ1n) is 5.09. The lowest BCUT2D eigenvalue weighted by Crippen LogP contribution is -2.20. The molecule has 0 amide bonds. The second-order valence-electron chi connectivity index (χ2n) is 4.07. The van der Waals surface area contributed by atoms with Crippen LogP contribution in [0.1, 0.15) is 19.4 Å². The molecule has 0 heterocycles. The van der Waals surface area contributed by atoms with Crippen LogP contribution < -0.4 is 4.72 Å². The average molecular weight is 262 g/mol. The molecule has 1 N–H and O–H groups in total. The Kier molecular flexibility index (Phi) is 4.62. The average Bonchev–Trinajstić information content (AvgIpc) is 2.15. The minimum absolute atomic E-state index is 0.0978. The summed E-state index contributed by atoms with van der Waals surface area (Å²) in [4.78, 5) is 0. The molecule has 0 aliphatic heterocycles. The molecule has 0 fully saturated rings. The summed E-state index contributed by atoms with van der Waals surface area (Å²) in [6.45, 7) is 3.74. The van der Waals surface area contributed by atoms with Crippen molar-refractivity contribution in [1.29, 1.82) is 0 Å². The molecule has 1 aromatic carbocycles. The molecule has 0 aliphatic rings. The van der Waals surface area contributed by atoms with Gasteiger partial charge in [0.25, 0.3) is 0 Å². The molecule has 0 spiro atoms. The van der Waals surface area contributed by atoms with Crippen molar-refractivity contribution in [3.8, 4) is 0 Å². The predicted molar refractivity (Wildman–Crippen MR) is 68.2 cm³/mol. The van der Waals surface area contributed by atoms with Crippen molar-refractivity contribution in [2.45, 2.75) is 19.7 Å². The highest BCUT2D eigenvalue weighted by Crippen LogP contribution is 2.19. The third kappa shape index (κ3) is 4.02. The zero-order valence-corrected chi connectivity index (χ0v) is 11.0. The van der Waals surface area contributed by atoms with Gasteiger partial charge in [0.1, 0.15) is 0 Å². The molecule has 1 aromatic rings. The number of hydrogen-bond donors (Lipinski definition) is 1. The van der Waals surface area contributed by atoms with E-state index >= 15 is 0 Å². The molecule has 16 heavy (non-hydrogen) atoms. The third-order valence-corrected chi connectivity index (χ3v) is 3.90. The maximum atomic E-state index is 11.7. The van der Waals surface area contributed by atoms with E-state index in [0.29, 0.717) is 11.6 Å². The Morgan fingerprint density at radius 2 is 1.94 bits per heavy atom. The van der Waals surface area contributed by atoms with Gasteiger partial charge in [0.2, 0.25) is 10.0 Å². The van der Waals surface area contributed by atoms with Crippen molar-refractivity contribution < 1.29 is 8.42 Å². The Morgan fingerprint density at radius 3 is 2.50 bits per heavy atom. The van der Waals surface area contributed by atoms with E-state index in [2.05, 4.69) is 4.72 Å². The fourth-order valence-corrected chi connectivity index (χ4v) is 3.11. The Morgan fingerprint density at radius 1 is 1.31 bits per heavy atom. The van der Waals surface area contributed by atoms with Crippen LogP contribution in [0.4, 0.5) is 5.69 Å². The maximum Gasteiger partial charge on any atom is 0.232 e. The van der Waals surface area contributed by atoms with Crippen molar-refractivity contribution in [2.75, 3.05) is 10.5 Å². The van der Waals surface area contributed by atoms with Gasteiger partial charge < -0.3 is 0 Å². The third-order valence-electron chi connectivity index (χ3n) is 1.98. The van der Waals surface area contributed by atoms with Crippen molar-refractivity contribution in [1.82, 2.24) is 0 Å². The van der Waals surface area contributed by atoms with E-state index in [1.54, 1.807) is 18.2 Å². The molecule has 5 heteroatoms. The molecular formula is C11H16ClNO2S. The van der Waals surface area contributed by atoms with E-state index in [1.165, 1.54) is 0 Å². The lowest BCUT2D eigenvalue weighted by atomic mass is 10.2. The first-order valence-corrected chi connectivity index (χ1v) is 7.27. The smallest absolute Gasteiger partial charge is 0.232 e. The summed E-state index contributed by atoms with van der Waals surface area (Å²) in [6, 6.07) is 7.14. The van der Waals surface area contributed by atoms with Gasteiger partial charge >= 0.3 is 0 Å². The first-order chi connectivity index (χ1) is 7.44. The Hall–Kier alpha value is -0.740. The number of nitrogens with one attached hydrogen (secondary N) is 1. The van der Waals surface area contributed by atoms with Gasteiger partial charge in [-0.3, -0.25) is 4.72 Å². The molecule has 0 saturated heterocycles. The number of benzene rings is 1. The van der Waals surface area contributed by atoms with Crippen LogP contribution in [0, 0.1) is 5.92 Å². The van der Waals surface area contributed by atoms with E-state index in [0.717, 1.165) is 5.56 Å². The number of halogens is 1. The van der Waals surface area contributed by atoms with Crippen molar-refractivity contribution in [2.24, 2.45) is 5.92 Å². The SMILES string of the molecule is CC(C)CS(=O)(=O)Nc1ccccc1CCl. The first kappa shape index (κ1) is 13.3. The van der Waals surface area contributed by atoms with Crippen LogP contribution >= 0.6 is 11.6 Å². The summed E-state index contributed by atoms with van der Waals surface area (Å²) in [5.74, 6) is 0.505. The zero-order valence-electron chi connectivity index (χ0n) is 9.40. The van der Waals surface area contributed by atoms with E-state index in [9.17, 15) is 8.42 Å². The van der Waals surface area contributed by atoms with Crippen LogP contribution in [0.3, 0.4) is 0 Å². The molecule has 0 unspecified atom stereocenters. The molecule has 1 rings (SSSR count). The van der Waals surface area contributed by atoms with Crippen LogP contribution in [0.25, 0.3) is 0 Å². The standard InChI is InChI=1S/C11H16ClNO2S/c1-9(2)8-16(14,15)13-11-6-4-3-5-10(11)7-12/h3-6,9,13H,7-8H2,1-2H3. The van der Waals surface area contributed by atoms with Gasteiger partial charge in [0.15, 0.2) is 0 Å². The van der Waals surface area contributed by atoms with Crippen LogP contribution in [0.2, 0.25) is 0 Å². The molecular weight excluding hydrogens is 246 g/mol. The fraction of sp³-hybridized carbons (Fsp3) is 0.455. The highest BCUT2D eigenvalue weighted by molar-refractivity contribution is 7.92. The molecule has 0 saturated carbocycles. The lowest BCUT2D eigenvalue weighted by Gasteiger charge is -2.12. The summed E-state index contributed by atoms with van der Waals surface area (Å²) in [7, 11) is -3.28. The van der Waals surface area contributed by atoms with Crippen molar-refractivity contribution >= 4 is 27.3 Å². The molecule has 3 nitrogen and oxygen atoms in total. The zero-order chi connectivity index (χ0) is 12.2. The number of hydrogen-bond acceptors (Lipinski definition) is 2. The summed E-state index contributed by atoms with van der Waals surface area (Å²) in [5.41, 5.74) is 1.36. The van der Waals surface area contributed by atoms with Crippen LogP contribution in [0.5, 0.6) is 0 Å². The second-order valence-corrected chi connectivity index (χ2v) is 6.10. The monoisotopic (exact) mass is 261 g/mol.